The Kier molecular flexibility index (Phi) is 13.4. The minimum absolute atomic E-state index is 0.572. The molecule has 1 N–H and O–H groups in total. The van der Waals surface area contributed by atoms with Gasteiger partial charge in [0.25, 0.3) is 0 Å². The second-order valence-corrected chi connectivity index (χ2v) is 9.68. The van der Waals surface area contributed by atoms with E-state index in [1.165, 1.54) is 0 Å². The van der Waals surface area contributed by atoms with Crippen LogP contribution in [0.25, 0.3) is 0 Å². The fraction of sp³-hybridized carbons (Fsp3) is 0.731. The van der Waals surface area contributed by atoms with Crippen LogP contribution >= 0.6 is 0 Å². The highest BCUT2D eigenvalue weighted by Gasteiger charge is 2.57. The molecule has 0 aromatic heterocycles. The van der Waals surface area contributed by atoms with Gasteiger partial charge in [0.2, 0.25) is 0 Å². The van der Waals surface area contributed by atoms with E-state index in [0.29, 0.717) is 0 Å². The summed E-state index contributed by atoms with van der Waals surface area (Å²) in [6, 6.07) is 0. The van der Waals surface area contributed by atoms with Gasteiger partial charge < -0.3 is 52.5 Å². The monoisotopic (exact) mass is 636 g/mol. The fourth-order valence-corrected chi connectivity index (χ4v) is 4.49. The van der Waals surface area contributed by atoms with E-state index in [2.05, 4.69) is 0 Å². The van der Waals surface area contributed by atoms with Gasteiger partial charge in [-0.05, 0) is 0 Å². The largest absolute Gasteiger partial charge is 0.463 e. The lowest BCUT2D eigenvalue weighted by atomic mass is 9.96. The van der Waals surface area contributed by atoms with Crippen molar-refractivity contribution < 1.29 is 86.0 Å². The van der Waals surface area contributed by atoms with E-state index in [9.17, 15) is 38.7 Å². The smallest absolute Gasteiger partial charge is 0.303 e. The number of aliphatic hydroxyl groups is 1. The summed E-state index contributed by atoms with van der Waals surface area (Å²) in [4.78, 5) is 83.5. The van der Waals surface area contributed by atoms with Crippen molar-refractivity contribution in [3.05, 3.63) is 0 Å². The molecule has 0 radical (unpaired) electrons. The van der Waals surface area contributed by atoms with Gasteiger partial charge in [0.15, 0.2) is 43.1 Å². The van der Waals surface area contributed by atoms with Gasteiger partial charge in [-0.15, -0.1) is 0 Å². The summed E-state index contributed by atoms with van der Waals surface area (Å²) >= 11 is 0. The molecule has 0 aromatic carbocycles. The van der Waals surface area contributed by atoms with Gasteiger partial charge >= 0.3 is 41.8 Å². The Morgan fingerprint density at radius 2 is 0.841 bits per heavy atom. The zero-order valence-electron chi connectivity index (χ0n) is 25.1. The van der Waals surface area contributed by atoms with Crippen LogP contribution in [0.4, 0.5) is 0 Å². The molecule has 2 saturated heterocycles. The van der Waals surface area contributed by atoms with Crippen molar-refractivity contribution in [1.82, 2.24) is 0 Å². The summed E-state index contributed by atoms with van der Waals surface area (Å²) in [5.74, 6) is -6.03. The predicted octanol–water partition coefficient (Wildman–Crippen LogP) is -1.40. The molecular weight excluding hydrogens is 600 g/mol. The lowest BCUT2D eigenvalue weighted by Crippen LogP contribution is -2.67. The predicted molar refractivity (Wildman–Crippen MR) is 135 cm³/mol. The Morgan fingerprint density at radius 1 is 0.477 bits per heavy atom. The van der Waals surface area contributed by atoms with Gasteiger partial charge in [0.05, 0.1) is 0 Å². The van der Waals surface area contributed by atoms with Crippen LogP contribution in [0.5, 0.6) is 0 Å². The van der Waals surface area contributed by atoms with Crippen molar-refractivity contribution in [3.63, 3.8) is 0 Å². The number of ether oxygens (including phenoxy) is 10. The molecule has 18 nitrogen and oxygen atoms in total. The Balaban J connectivity index is 2.66. The number of carbonyl (C=O) groups is 7. The van der Waals surface area contributed by atoms with Crippen LogP contribution in [-0.4, -0.2) is 122 Å². The molecule has 0 saturated carbocycles. The SMILES string of the molecule is CC(=O)OCC1OC(O)[C@H](OC(C)=O)C(OC(C)=O)[C@@H]1OC1OC(COC(C)=O)[C@@H](OC(C)=O)C(OC(C)=O)[C@H]1OC(C)=O. The molecule has 0 amide bonds. The summed E-state index contributed by atoms with van der Waals surface area (Å²) in [6.45, 7) is 6.11. The summed E-state index contributed by atoms with van der Waals surface area (Å²) in [5, 5.41) is 10.6. The van der Waals surface area contributed by atoms with Crippen molar-refractivity contribution >= 4 is 41.8 Å². The Bertz CT molecular complexity index is 1090. The minimum atomic E-state index is -1.90. The molecule has 10 atom stereocenters. The molecule has 0 aliphatic carbocycles. The third-order valence-corrected chi connectivity index (χ3v) is 5.90. The molecule has 2 fully saturated rings. The van der Waals surface area contributed by atoms with Crippen LogP contribution in [0.2, 0.25) is 0 Å². The second kappa shape index (κ2) is 16.3. The van der Waals surface area contributed by atoms with Crippen LogP contribution in [0.3, 0.4) is 0 Å². The standard InChI is InChI=1S/C26H36O18/c1-10(27)35-8-17-20(21(38-13(4)30)23(25(34)42-17)40-15(6)32)44-26-24(41-16(7)33)22(39-14(5)31)19(37-12(3)29)18(43-26)9-36-11(2)28/h17-26,34H,8-9H2,1-7H3/t17?,18?,19-,20-,21?,22?,23-,24-,25?,26?/m1/s1. The first kappa shape index (κ1) is 36.3. The van der Waals surface area contributed by atoms with E-state index in [1.807, 2.05) is 0 Å². The van der Waals surface area contributed by atoms with Crippen LogP contribution in [-0.2, 0) is 80.9 Å². The van der Waals surface area contributed by atoms with Gasteiger partial charge in [0, 0.05) is 48.5 Å². The van der Waals surface area contributed by atoms with Crippen LogP contribution < -0.4 is 0 Å². The Labute approximate surface area is 251 Å². The molecule has 2 heterocycles. The normalized spacial score (nSPS) is 31.5. The molecular formula is C26H36O18. The summed E-state index contributed by atoms with van der Waals surface area (Å²) in [7, 11) is 0. The first-order chi connectivity index (χ1) is 20.5. The minimum Gasteiger partial charge on any atom is -0.463 e. The van der Waals surface area contributed by atoms with E-state index in [0.717, 1.165) is 48.5 Å². The van der Waals surface area contributed by atoms with Gasteiger partial charge in [0.1, 0.15) is 31.5 Å². The average molecular weight is 637 g/mol. The van der Waals surface area contributed by atoms with Crippen LogP contribution in [0.15, 0.2) is 0 Å². The van der Waals surface area contributed by atoms with Crippen molar-refractivity contribution in [2.24, 2.45) is 0 Å². The van der Waals surface area contributed by atoms with E-state index >= 15 is 0 Å². The van der Waals surface area contributed by atoms with Crippen molar-refractivity contribution in [2.45, 2.75) is 110 Å². The number of aliphatic hydroxyl groups excluding tert-OH is 1. The van der Waals surface area contributed by atoms with E-state index in [4.69, 9.17) is 47.4 Å². The molecule has 2 rings (SSSR count). The summed E-state index contributed by atoms with van der Waals surface area (Å²) < 4.78 is 54.1. The number of esters is 7. The third kappa shape index (κ3) is 10.7. The van der Waals surface area contributed by atoms with Crippen molar-refractivity contribution in [1.29, 1.82) is 0 Å². The number of rotatable bonds is 11. The number of hydrogen-bond donors (Lipinski definition) is 1. The van der Waals surface area contributed by atoms with Crippen molar-refractivity contribution in [2.75, 3.05) is 13.2 Å². The highest BCUT2D eigenvalue weighted by Crippen LogP contribution is 2.34. The molecule has 248 valence electrons. The molecule has 18 heteroatoms. The van der Waals surface area contributed by atoms with Crippen LogP contribution in [0.1, 0.15) is 48.5 Å². The van der Waals surface area contributed by atoms with Gasteiger partial charge in [-0.1, -0.05) is 0 Å². The first-order valence-electron chi connectivity index (χ1n) is 13.3. The van der Waals surface area contributed by atoms with E-state index in [-0.39, 0.29) is 0 Å². The van der Waals surface area contributed by atoms with Gasteiger partial charge in [-0.25, -0.2) is 0 Å². The zero-order valence-corrected chi connectivity index (χ0v) is 25.1. The molecule has 0 spiro atoms. The number of hydrogen-bond acceptors (Lipinski definition) is 18. The second-order valence-electron chi connectivity index (χ2n) is 9.68. The molecule has 2 aliphatic heterocycles. The Hall–Kier alpha value is -3.87. The molecule has 0 bridgehead atoms. The molecule has 6 unspecified atom stereocenters. The Morgan fingerprint density at radius 3 is 1.27 bits per heavy atom. The van der Waals surface area contributed by atoms with E-state index in [1.54, 1.807) is 0 Å². The van der Waals surface area contributed by atoms with E-state index < -0.39 is 116 Å². The van der Waals surface area contributed by atoms with Gasteiger partial charge in [-0.2, -0.15) is 0 Å². The maximum atomic E-state index is 12.2. The molecule has 0 aromatic rings. The van der Waals surface area contributed by atoms with Crippen LogP contribution in [0, 0.1) is 0 Å². The maximum Gasteiger partial charge on any atom is 0.303 e. The summed E-state index contributed by atoms with van der Waals surface area (Å²) in [5.41, 5.74) is 0. The molecule has 44 heavy (non-hydrogen) atoms. The topological polar surface area (TPSA) is 232 Å². The summed E-state index contributed by atoms with van der Waals surface area (Å²) in [6.07, 6.45) is -16.3. The number of carbonyl (C=O) groups excluding carboxylic acids is 7. The quantitative estimate of drug-likeness (QED) is 0.203. The van der Waals surface area contributed by atoms with Gasteiger partial charge in [-0.3, -0.25) is 33.6 Å². The maximum absolute atomic E-state index is 12.2. The molecule has 2 aliphatic rings. The van der Waals surface area contributed by atoms with Crippen molar-refractivity contribution in [3.8, 4) is 0 Å². The highest BCUT2D eigenvalue weighted by atomic mass is 16.8. The average Bonchev–Trinajstić information content (AvgIpc) is 2.87. The lowest BCUT2D eigenvalue weighted by molar-refractivity contribution is -0.357. The highest BCUT2D eigenvalue weighted by molar-refractivity contribution is 5.69. The first-order valence-corrected chi connectivity index (χ1v) is 13.3. The third-order valence-electron chi connectivity index (χ3n) is 5.90. The lowest BCUT2D eigenvalue weighted by Gasteiger charge is -2.48. The zero-order chi connectivity index (χ0) is 33.3. The fourth-order valence-electron chi connectivity index (χ4n) is 4.49.